The third-order valence-electron chi connectivity index (χ3n) is 6.31. The van der Waals surface area contributed by atoms with Crippen LogP contribution in [0.3, 0.4) is 0 Å². The van der Waals surface area contributed by atoms with Crippen molar-refractivity contribution in [1.29, 1.82) is 0 Å². The van der Waals surface area contributed by atoms with E-state index in [0.29, 0.717) is 17.8 Å². The lowest BCUT2D eigenvalue weighted by molar-refractivity contribution is -0.140. The van der Waals surface area contributed by atoms with Crippen molar-refractivity contribution in [3.63, 3.8) is 0 Å². The number of nitrogens with zero attached hydrogens (tertiary/aromatic N) is 2. The summed E-state index contributed by atoms with van der Waals surface area (Å²) in [6.07, 6.45) is 17.7. The minimum atomic E-state index is -0.431. The number of rotatable bonds is 13. The number of hydrogen-bond acceptors (Lipinski definition) is 5. The number of ether oxygens (including phenoxy) is 1. The van der Waals surface area contributed by atoms with Gasteiger partial charge < -0.3 is 9.84 Å². The van der Waals surface area contributed by atoms with Crippen LogP contribution in [0.25, 0.3) is 0 Å². The summed E-state index contributed by atoms with van der Waals surface area (Å²) in [5.41, 5.74) is 1.54. The zero-order chi connectivity index (χ0) is 21.8. The summed E-state index contributed by atoms with van der Waals surface area (Å²) in [4.78, 5) is 20.4. The Labute approximate surface area is 182 Å². The summed E-state index contributed by atoms with van der Waals surface area (Å²) in [7, 11) is 0. The number of aliphatic hydroxyl groups excluding tert-OH is 1. The van der Waals surface area contributed by atoms with E-state index in [4.69, 9.17) is 4.74 Å². The number of aromatic nitrogens is 2. The van der Waals surface area contributed by atoms with E-state index in [1.807, 2.05) is 12.4 Å². The van der Waals surface area contributed by atoms with E-state index in [-0.39, 0.29) is 19.1 Å². The standard InChI is InChI=1S/C25H40N2O3/c1-4-5-6-7-20-8-10-21(11-9-20)12-13-22-15-26-24(27-16-22)14-23(17-28)18-30-25(29)19(2)3/h15-16,20-21,23,28H,2,4-14,17-18H2,1,3H3. The van der Waals surface area contributed by atoms with Crippen LogP contribution in [0.1, 0.15) is 83.0 Å². The first kappa shape index (κ1) is 24.5. The maximum Gasteiger partial charge on any atom is 0.333 e. The maximum atomic E-state index is 11.5. The molecule has 1 aliphatic rings. The molecule has 0 amide bonds. The molecule has 0 bridgehead atoms. The van der Waals surface area contributed by atoms with Crippen LogP contribution in [0.5, 0.6) is 0 Å². The molecule has 0 spiro atoms. The van der Waals surface area contributed by atoms with Gasteiger partial charge in [0.25, 0.3) is 0 Å². The SMILES string of the molecule is C=C(C)C(=O)OCC(CO)Cc1ncc(CCC2CCC(CCCCC)CC2)cn1. The highest BCUT2D eigenvalue weighted by Crippen LogP contribution is 2.34. The topological polar surface area (TPSA) is 72.3 Å². The third-order valence-corrected chi connectivity index (χ3v) is 6.31. The van der Waals surface area contributed by atoms with Gasteiger partial charge in [-0.1, -0.05) is 64.9 Å². The van der Waals surface area contributed by atoms with Crippen molar-refractivity contribution in [3.05, 3.63) is 35.9 Å². The van der Waals surface area contributed by atoms with Gasteiger partial charge in [0, 0.05) is 36.9 Å². The summed E-state index contributed by atoms with van der Waals surface area (Å²) in [6.45, 7) is 7.52. The Kier molecular flexibility index (Phi) is 11.1. The second-order valence-corrected chi connectivity index (χ2v) is 9.06. The summed E-state index contributed by atoms with van der Waals surface area (Å²) >= 11 is 0. The second kappa shape index (κ2) is 13.5. The molecule has 0 radical (unpaired) electrons. The van der Waals surface area contributed by atoms with Crippen molar-refractivity contribution >= 4 is 5.97 Å². The fourth-order valence-corrected chi connectivity index (χ4v) is 4.23. The van der Waals surface area contributed by atoms with Gasteiger partial charge in [-0.2, -0.15) is 0 Å². The van der Waals surface area contributed by atoms with Crippen molar-refractivity contribution in [3.8, 4) is 0 Å². The van der Waals surface area contributed by atoms with Gasteiger partial charge >= 0.3 is 5.97 Å². The first-order chi connectivity index (χ1) is 14.5. The highest BCUT2D eigenvalue weighted by atomic mass is 16.5. The molecule has 1 fully saturated rings. The van der Waals surface area contributed by atoms with Crippen molar-refractivity contribution < 1.29 is 14.6 Å². The lowest BCUT2D eigenvalue weighted by atomic mass is 9.78. The molecule has 5 heteroatoms. The number of hydrogen-bond donors (Lipinski definition) is 1. The molecule has 1 aromatic heterocycles. The van der Waals surface area contributed by atoms with E-state index in [1.54, 1.807) is 6.92 Å². The van der Waals surface area contributed by atoms with Gasteiger partial charge in [-0.15, -0.1) is 0 Å². The molecule has 1 N–H and O–H groups in total. The number of unbranched alkanes of at least 4 members (excludes halogenated alkanes) is 2. The van der Waals surface area contributed by atoms with E-state index in [1.165, 1.54) is 63.4 Å². The largest absolute Gasteiger partial charge is 0.462 e. The summed E-state index contributed by atoms with van der Waals surface area (Å²) < 4.78 is 5.14. The highest BCUT2D eigenvalue weighted by molar-refractivity contribution is 5.86. The minimum Gasteiger partial charge on any atom is -0.462 e. The average Bonchev–Trinajstić information content (AvgIpc) is 2.76. The van der Waals surface area contributed by atoms with E-state index in [2.05, 4.69) is 23.5 Å². The number of carbonyl (C=O) groups is 1. The fraction of sp³-hybridized carbons (Fsp3) is 0.720. The molecule has 1 aromatic rings. The average molecular weight is 417 g/mol. The van der Waals surface area contributed by atoms with Gasteiger partial charge in [-0.3, -0.25) is 0 Å². The smallest absolute Gasteiger partial charge is 0.333 e. The normalized spacial score (nSPS) is 20.0. The minimum absolute atomic E-state index is 0.0737. The quantitative estimate of drug-likeness (QED) is 0.276. The molecule has 5 nitrogen and oxygen atoms in total. The number of aliphatic hydroxyl groups is 1. The van der Waals surface area contributed by atoms with Crippen LogP contribution in [-0.4, -0.2) is 34.3 Å². The van der Waals surface area contributed by atoms with Gasteiger partial charge in [0.05, 0.1) is 6.61 Å². The Morgan fingerprint density at radius 2 is 1.80 bits per heavy atom. The molecular weight excluding hydrogens is 376 g/mol. The monoisotopic (exact) mass is 416 g/mol. The van der Waals surface area contributed by atoms with Gasteiger partial charge in [0.2, 0.25) is 0 Å². The molecule has 1 aliphatic carbocycles. The van der Waals surface area contributed by atoms with Gasteiger partial charge in [-0.25, -0.2) is 14.8 Å². The first-order valence-corrected chi connectivity index (χ1v) is 11.7. The lowest BCUT2D eigenvalue weighted by Gasteiger charge is -2.28. The van der Waals surface area contributed by atoms with Crippen LogP contribution in [0, 0.1) is 17.8 Å². The van der Waals surface area contributed by atoms with Crippen LogP contribution < -0.4 is 0 Å². The van der Waals surface area contributed by atoms with E-state index in [0.717, 1.165) is 18.3 Å². The Morgan fingerprint density at radius 1 is 1.17 bits per heavy atom. The Hall–Kier alpha value is -1.75. The number of carbonyl (C=O) groups excluding carboxylic acids is 1. The Balaban J connectivity index is 1.69. The summed E-state index contributed by atoms with van der Waals surface area (Å²) in [5.74, 6) is 1.85. The Bertz CT molecular complexity index is 636. The number of aryl methyl sites for hydroxylation is 1. The number of esters is 1. The predicted octanol–water partition coefficient (Wildman–Crippen LogP) is 5.07. The van der Waals surface area contributed by atoms with Crippen LogP contribution in [0.15, 0.2) is 24.5 Å². The maximum absolute atomic E-state index is 11.5. The van der Waals surface area contributed by atoms with Crippen molar-refractivity contribution in [2.24, 2.45) is 17.8 Å². The summed E-state index contributed by atoms with van der Waals surface area (Å²) in [5, 5.41) is 9.53. The zero-order valence-corrected chi connectivity index (χ0v) is 18.9. The van der Waals surface area contributed by atoms with Crippen LogP contribution >= 0.6 is 0 Å². The molecule has 168 valence electrons. The third kappa shape index (κ3) is 8.95. The van der Waals surface area contributed by atoms with E-state index in [9.17, 15) is 9.90 Å². The second-order valence-electron chi connectivity index (χ2n) is 9.06. The van der Waals surface area contributed by atoms with E-state index < -0.39 is 5.97 Å². The first-order valence-electron chi connectivity index (χ1n) is 11.7. The molecule has 1 atom stereocenters. The van der Waals surface area contributed by atoms with Gasteiger partial charge in [-0.05, 0) is 37.2 Å². The summed E-state index contributed by atoms with van der Waals surface area (Å²) in [6, 6.07) is 0. The van der Waals surface area contributed by atoms with Crippen molar-refractivity contribution in [1.82, 2.24) is 9.97 Å². The molecule has 1 heterocycles. The van der Waals surface area contributed by atoms with Gasteiger partial charge in [0.15, 0.2) is 0 Å². The molecule has 1 unspecified atom stereocenters. The lowest BCUT2D eigenvalue weighted by Crippen LogP contribution is -2.20. The molecule has 0 saturated heterocycles. The molecule has 0 aromatic carbocycles. The van der Waals surface area contributed by atoms with Crippen LogP contribution in [-0.2, 0) is 22.4 Å². The molecule has 0 aliphatic heterocycles. The van der Waals surface area contributed by atoms with Crippen LogP contribution in [0.4, 0.5) is 0 Å². The molecule has 30 heavy (non-hydrogen) atoms. The fourth-order valence-electron chi connectivity index (χ4n) is 4.23. The van der Waals surface area contributed by atoms with E-state index >= 15 is 0 Å². The molecule has 1 saturated carbocycles. The van der Waals surface area contributed by atoms with Gasteiger partial charge in [0.1, 0.15) is 5.82 Å². The van der Waals surface area contributed by atoms with Crippen molar-refractivity contribution in [2.75, 3.05) is 13.2 Å². The zero-order valence-electron chi connectivity index (χ0n) is 18.9. The van der Waals surface area contributed by atoms with Crippen molar-refractivity contribution in [2.45, 2.75) is 84.5 Å². The highest BCUT2D eigenvalue weighted by Gasteiger charge is 2.21. The molecule has 2 rings (SSSR count). The van der Waals surface area contributed by atoms with Crippen LogP contribution in [0.2, 0.25) is 0 Å². The Morgan fingerprint density at radius 3 is 2.37 bits per heavy atom. The predicted molar refractivity (Wildman–Crippen MR) is 120 cm³/mol. The molecular formula is C25H40N2O3.